The number of guanidine groups is 1. The third-order valence-electron chi connectivity index (χ3n) is 4.20. The minimum atomic E-state index is -5.27. The van der Waals surface area contributed by atoms with Crippen molar-refractivity contribution in [3.8, 4) is 5.88 Å². The van der Waals surface area contributed by atoms with Gasteiger partial charge in [0, 0.05) is 37.9 Å². The Morgan fingerprint density at radius 2 is 2.03 bits per heavy atom. The molecule has 1 aliphatic rings. The van der Waals surface area contributed by atoms with Gasteiger partial charge in [-0.2, -0.15) is 17.5 Å². The first-order valence-electron chi connectivity index (χ1n) is 8.77. The molecule has 0 aromatic carbocycles. The van der Waals surface area contributed by atoms with Crippen LogP contribution in [0.5, 0.6) is 5.88 Å². The van der Waals surface area contributed by atoms with Gasteiger partial charge in [-0.3, -0.25) is 0 Å². The smallest absolute Gasteiger partial charge is 0.481 e. The molecule has 0 spiro atoms. The van der Waals surface area contributed by atoms with Crippen LogP contribution in [-0.4, -0.2) is 62.0 Å². The molecule has 2 N–H and O–H groups in total. The number of piperidine rings is 1. The Labute approximate surface area is 185 Å². The second kappa shape index (κ2) is 11.2. The Balaban J connectivity index is 0.00000420. The molecule has 166 valence electrons. The second-order valence-corrected chi connectivity index (χ2v) is 8.10. The fourth-order valence-corrected chi connectivity index (χ4v) is 3.72. The van der Waals surface area contributed by atoms with Crippen molar-refractivity contribution in [3.63, 3.8) is 0 Å². The van der Waals surface area contributed by atoms with E-state index < -0.39 is 15.5 Å². The number of methoxy groups -OCH3 is 1. The molecular weight excluding hydrogens is 526 g/mol. The highest BCUT2D eigenvalue weighted by Crippen LogP contribution is 2.28. The quantitative estimate of drug-likeness (QED) is 0.320. The molecule has 2 rings (SSSR count). The molecule has 0 unspecified atom stereocenters. The minimum Gasteiger partial charge on any atom is -0.481 e. The summed E-state index contributed by atoms with van der Waals surface area (Å²) in [5.74, 6) is 0.985. The molecule has 0 atom stereocenters. The van der Waals surface area contributed by atoms with Crippen LogP contribution in [0, 0.1) is 0 Å². The van der Waals surface area contributed by atoms with Crippen molar-refractivity contribution in [1.29, 1.82) is 0 Å². The van der Waals surface area contributed by atoms with Crippen molar-refractivity contribution in [1.82, 2.24) is 19.9 Å². The van der Waals surface area contributed by atoms with E-state index in [1.165, 1.54) is 7.11 Å². The maximum Gasteiger partial charge on any atom is 0.511 e. The maximum atomic E-state index is 12.7. The first-order chi connectivity index (χ1) is 13.2. The van der Waals surface area contributed by atoms with Crippen LogP contribution in [0.2, 0.25) is 0 Å². The molecular formula is C16H25F3IN5O3S. The molecule has 8 nitrogen and oxygen atoms in total. The number of hydrogen-bond donors (Lipinski definition) is 2. The zero-order valence-corrected chi connectivity index (χ0v) is 19.2. The SMILES string of the molecule is CCNC(=NCc1ccnc(OC)c1)NC1CCN(S(=O)(=O)C(F)(F)F)CC1.I. The zero-order valence-electron chi connectivity index (χ0n) is 16.1. The summed E-state index contributed by atoms with van der Waals surface area (Å²) >= 11 is 0. The summed E-state index contributed by atoms with van der Waals surface area (Å²) in [5, 5.41) is 6.23. The lowest BCUT2D eigenvalue weighted by Gasteiger charge is -2.32. The summed E-state index contributed by atoms with van der Waals surface area (Å²) in [6.07, 6.45) is 2.12. The van der Waals surface area contributed by atoms with Gasteiger partial charge in [0.15, 0.2) is 5.96 Å². The number of rotatable bonds is 6. The molecule has 13 heteroatoms. The number of nitrogens with zero attached hydrogens (tertiary/aromatic N) is 3. The molecule has 0 saturated carbocycles. The van der Waals surface area contributed by atoms with E-state index in [0.29, 0.717) is 29.2 Å². The van der Waals surface area contributed by atoms with Gasteiger partial charge in [0.1, 0.15) is 0 Å². The number of aromatic nitrogens is 1. The van der Waals surface area contributed by atoms with Crippen LogP contribution in [0.1, 0.15) is 25.3 Å². The number of pyridine rings is 1. The predicted molar refractivity (Wildman–Crippen MR) is 114 cm³/mol. The summed E-state index contributed by atoms with van der Waals surface area (Å²) in [6.45, 7) is 2.47. The largest absolute Gasteiger partial charge is 0.511 e. The van der Waals surface area contributed by atoms with E-state index >= 15 is 0 Å². The maximum absolute atomic E-state index is 12.7. The van der Waals surface area contributed by atoms with E-state index in [2.05, 4.69) is 20.6 Å². The van der Waals surface area contributed by atoms with E-state index in [1.54, 1.807) is 18.3 Å². The molecule has 0 bridgehead atoms. The molecule has 2 heterocycles. The van der Waals surface area contributed by atoms with Crippen molar-refractivity contribution < 1.29 is 26.3 Å². The summed E-state index contributed by atoms with van der Waals surface area (Å²) in [4.78, 5) is 8.48. The van der Waals surface area contributed by atoms with Crippen molar-refractivity contribution >= 4 is 40.0 Å². The highest BCUT2D eigenvalue weighted by molar-refractivity contribution is 14.0. The number of hydrogen-bond acceptors (Lipinski definition) is 5. The summed E-state index contributed by atoms with van der Waals surface area (Å²) in [6, 6.07) is 3.38. The zero-order chi connectivity index (χ0) is 20.8. The second-order valence-electron chi connectivity index (χ2n) is 6.17. The number of halogens is 4. The average Bonchev–Trinajstić information content (AvgIpc) is 2.66. The van der Waals surface area contributed by atoms with Crippen LogP contribution < -0.4 is 15.4 Å². The van der Waals surface area contributed by atoms with E-state index in [4.69, 9.17) is 4.74 Å². The summed E-state index contributed by atoms with van der Waals surface area (Å²) < 4.78 is 66.5. The first kappa shape index (κ1) is 25.7. The Morgan fingerprint density at radius 1 is 1.38 bits per heavy atom. The fraction of sp³-hybridized carbons (Fsp3) is 0.625. The van der Waals surface area contributed by atoms with Crippen molar-refractivity contribution in [2.24, 2.45) is 4.99 Å². The standard InChI is InChI=1S/C16H24F3N5O3S.HI/c1-3-20-15(22-11-12-4-7-21-14(10-12)27-2)23-13-5-8-24(9-6-13)28(25,26)16(17,18)19;/h4,7,10,13H,3,5-6,8-9,11H2,1-2H3,(H2,20,22,23);1H. The van der Waals surface area contributed by atoms with E-state index in [1.807, 2.05) is 6.92 Å². The number of alkyl halides is 3. The van der Waals surface area contributed by atoms with Crippen LogP contribution in [0.25, 0.3) is 0 Å². The Hall–Kier alpha value is -1.35. The molecule has 1 aliphatic heterocycles. The first-order valence-corrected chi connectivity index (χ1v) is 10.2. The van der Waals surface area contributed by atoms with Gasteiger partial charge in [-0.1, -0.05) is 0 Å². The van der Waals surface area contributed by atoms with Crippen LogP contribution in [-0.2, 0) is 16.6 Å². The normalized spacial score (nSPS) is 16.8. The van der Waals surface area contributed by atoms with E-state index in [0.717, 1.165) is 5.56 Å². The average molecular weight is 551 g/mol. The van der Waals surface area contributed by atoms with Gasteiger partial charge in [0.25, 0.3) is 0 Å². The Morgan fingerprint density at radius 3 is 2.59 bits per heavy atom. The van der Waals surface area contributed by atoms with Crippen LogP contribution in [0.15, 0.2) is 23.3 Å². The highest BCUT2D eigenvalue weighted by Gasteiger charge is 2.50. The highest BCUT2D eigenvalue weighted by atomic mass is 127. The van der Waals surface area contributed by atoms with Crippen LogP contribution in [0.4, 0.5) is 13.2 Å². The third-order valence-corrected chi connectivity index (χ3v) is 5.83. The minimum absolute atomic E-state index is 0. The van der Waals surface area contributed by atoms with Gasteiger partial charge in [0.2, 0.25) is 5.88 Å². The fourth-order valence-electron chi connectivity index (χ4n) is 2.73. The van der Waals surface area contributed by atoms with Crippen LogP contribution in [0.3, 0.4) is 0 Å². The van der Waals surface area contributed by atoms with Crippen LogP contribution >= 0.6 is 24.0 Å². The summed E-state index contributed by atoms with van der Waals surface area (Å²) in [5.41, 5.74) is -4.38. The van der Waals surface area contributed by atoms with E-state index in [9.17, 15) is 21.6 Å². The van der Waals surface area contributed by atoms with Crippen molar-refractivity contribution in [3.05, 3.63) is 23.9 Å². The van der Waals surface area contributed by atoms with Gasteiger partial charge in [0.05, 0.1) is 13.7 Å². The lowest BCUT2D eigenvalue weighted by molar-refractivity contribution is -0.0494. The molecule has 1 aromatic heterocycles. The van der Waals surface area contributed by atoms with Crippen molar-refractivity contribution in [2.75, 3.05) is 26.7 Å². The molecule has 1 saturated heterocycles. The van der Waals surface area contributed by atoms with Crippen molar-refractivity contribution in [2.45, 2.75) is 37.9 Å². The topological polar surface area (TPSA) is 95.9 Å². The number of nitrogens with one attached hydrogen (secondary N) is 2. The molecule has 0 aliphatic carbocycles. The Kier molecular flexibility index (Phi) is 9.88. The van der Waals surface area contributed by atoms with Gasteiger partial charge in [-0.05, 0) is 31.4 Å². The molecule has 29 heavy (non-hydrogen) atoms. The van der Waals surface area contributed by atoms with Gasteiger partial charge >= 0.3 is 15.5 Å². The lowest BCUT2D eigenvalue weighted by atomic mass is 10.1. The molecule has 0 amide bonds. The van der Waals surface area contributed by atoms with E-state index in [-0.39, 0.29) is 55.9 Å². The number of aliphatic imine (C=N–C) groups is 1. The predicted octanol–water partition coefficient (Wildman–Crippen LogP) is 2.08. The van der Waals surface area contributed by atoms with Gasteiger partial charge in [-0.25, -0.2) is 18.4 Å². The van der Waals surface area contributed by atoms with Gasteiger partial charge in [-0.15, -0.1) is 24.0 Å². The molecule has 1 aromatic rings. The third kappa shape index (κ3) is 7.13. The lowest BCUT2D eigenvalue weighted by Crippen LogP contribution is -2.51. The molecule has 1 fully saturated rings. The number of sulfonamides is 1. The Bertz CT molecular complexity index is 784. The monoisotopic (exact) mass is 551 g/mol. The molecule has 0 radical (unpaired) electrons. The van der Waals surface area contributed by atoms with Gasteiger partial charge < -0.3 is 15.4 Å². The summed E-state index contributed by atoms with van der Waals surface area (Å²) in [7, 11) is -3.75. The number of ether oxygens (including phenoxy) is 1.